The summed E-state index contributed by atoms with van der Waals surface area (Å²) >= 11 is 0. The van der Waals surface area contributed by atoms with E-state index < -0.39 is 0 Å². The molecule has 0 aliphatic rings. The van der Waals surface area contributed by atoms with Gasteiger partial charge in [-0.1, -0.05) is 6.08 Å². The molecule has 0 saturated carbocycles. The lowest BCUT2D eigenvalue weighted by molar-refractivity contribution is -0.114. The van der Waals surface area contributed by atoms with E-state index in [0.717, 1.165) is 0 Å². The first-order valence-corrected chi connectivity index (χ1v) is 3.57. The summed E-state index contributed by atoms with van der Waals surface area (Å²) in [6.07, 6.45) is 1.81. The maximum absolute atomic E-state index is 10.6. The van der Waals surface area contributed by atoms with Crippen LogP contribution < -0.4 is 11.1 Å². The molecule has 3 nitrogen and oxygen atoms in total. The van der Waals surface area contributed by atoms with Crippen molar-refractivity contribution in [2.24, 2.45) is 5.73 Å². The molecule has 0 fully saturated rings. The predicted octanol–water partition coefficient (Wildman–Crippen LogP) is 0.416. The van der Waals surface area contributed by atoms with Gasteiger partial charge < -0.3 is 11.1 Å². The quantitative estimate of drug-likeness (QED) is 0.582. The van der Waals surface area contributed by atoms with E-state index in [0.29, 0.717) is 5.57 Å². The normalized spacial score (nSPS) is 13.3. The zero-order valence-electron chi connectivity index (χ0n) is 7.56. The van der Waals surface area contributed by atoms with Gasteiger partial charge in [0, 0.05) is 11.1 Å². The zero-order valence-corrected chi connectivity index (χ0v) is 7.56. The average Bonchev–Trinajstić information content (AvgIpc) is 1.87. The highest BCUT2D eigenvalue weighted by atomic mass is 16.1. The Kier molecular flexibility index (Phi) is 3.26. The second-order valence-corrected chi connectivity index (χ2v) is 3.16. The minimum Gasteiger partial charge on any atom is -0.366 e. The van der Waals surface area contributed by atoms with Crippen molar-refractivity contribution in [2.45, 2.75) is 26.3 Å². The van der Waals surface area contributed by atoms with Crippen molar-refractivity contribution >= 4 is 5.91 Å². The van der Waals surface area contributed by atoms with Crippen molar-refractivity contribution < 1.29 is 4.79 Å². The highest BCUT2D eigenvalue weighted by Gasteiger charge is 2.12. The molecule has 0 bridgehead atoms. The second-order valence-electron chi connectivity index (χ2n) is 3.16. The van der Waals surface area contributed by atoms with Crippen LogP contribution in [0.1, 0.15) is 20.8 Å². The zero-order chi connectivity index (χ0) is 9.07. The molecule has 0 aromatic heterocycles. The van der Waals surface area contributed by atoms with Gasteiger partial charge in [0.25, 0.3) is 0 Å². The molecule has 0 aliphatic carbocycles. The fourth-order valence-electron chi connectivity index (χ4n) is 0.685. The number of rotatable bonds is 3. The van der Waals surface area contributed by atoms with Gasteiger partial charge in [-0.3, -0.25) is 4.79 Å². The van der Waals surface area contributed by atoms with E-state index in [2.05, 4.69) is 5.32 Å². The molecule has 0 aromatic rings. The van der Waals surface area contributed by atoms with E-state index in [1.54, 1.807) is 6.92 Å². The molecule has 64 valence electrons. The standard InChI is InChI=1S/C8H16N2O/c1-6(7(9)11)5-8(2,3)10-4/h5,10H,1-4H3,(H2,9,11)/b6-5+. The summed E-state index contributed by atoms with van der Waals surface area (Å²) in [6.45, 7) is 5.65. The highest BCUT2D eigenvalue weighted by molar-refractivity contribution is 5.91. The lowest BCUT2D eigenvalue weighted by Crippen LogP contribution is -2.34. The number of nitrogens with one attached hydrogen (secondary N) is 1. The van der Waals surface area contributed by atoms with Crippen LogP contribution in [-0.4, -0.2) is 18.5 Å². The smallest absolute Gasteiger partial charge is 0.244 e. The van der Waals surface area contributed by atoms with Gasteiger partial charge >= 0.3 is 0 Å². The first-order chi connectivity index (χ1) is 4.89. The molecule has 0 aromatic carbocycles. The Labute approximate surface area is 67.7 Å². The number of likely N-dealkylation sites (N-methyl/N-ethyl adjacent to an activating group) is 1. The van der Waals surface area contributed by atoms with Crippen molar-refractivity contribution in [2.75, 3.05) is 7.05 Å². The molecular weight excluding hydrogens is 140 g/mol. The molecule has 3 N–H and O–H groups in total. The molecule has 0 saturated heterocycles. The van der Waals surface area contributed by atoms with Gasteiger partial charge in [-0.05, 0) is 27.8 Å². The van der Waals surface area contributed by atoms with Crippen LogP contribution in [0.4, 0.5) is 0 Å². The molecule has 0 atom stereocenters. The molecule has 0 spiro atoms. The highest BCUT2D eigenvalue weighted by Crippen LogP contribution is 2.06. The fraction of sp³-hybridized carbons (Fsp3) is 0.625. The molecule has 0 radical (unpaired) electrons. The Morgan fingerprint density at radius 1 is 1.55 bits per heavy atom. The molecule has 0 unspecified atom stereocenters. The number of carbonyl (C=O) groups is 1. The Morgan fingerprint density at radius 3 is 2.27 bits per heavy atom. The number of hydrogen-bond acceptors (Lipinski definition) is 2. The second kappa shape index (κ2) is 3.53. The number of carbonyl (C=O) groups excluding carboxylic acids is 1. The molecule has 0 heterocycles. The largest absolute Gasteiger partial charge is 0.366 e. The molecule has 0 rings (SSSR count). The Hall–Kier alpha value is -0.830. The summed E-state index contributed by atoms with van der Waals surface area (Å²) in [5.41, 5.74) is 5.48. The van der Waals surface area contributed by atoms with Gasteiger partial charge in [0.05, 0.1) is 0 Å². The Morgan fingerprint density at radius 2 is 2.00 bits per heavy atom. The minimum atomic E-state index is -0.367. The summed E-state index contributed by atoms with van der Waals surface area (Å²) in [5, 5.41) is 3.04. The van der Waals surface area contributed by atoms with Crippen LogP contribution in [0, 0.1) is 0 Å². The van der Waals surface area contributed by atoms with Crippen LogP contribution in [0.3, 0.4) is 0 Å². The summed E-state index contributed by atoms with van der Waals surface area (Å²) < 4.78 is 0. The average molecular weight is 156 g/mol. The van der Waals surface area contributed by atoms with Gasteiger partial charge in [0.1, 0.15) is 0 Å². The lowest BCUT2D eigenvalue weighted by Gasteiger charge is -2.19. The van der Waals surface area contributed by atoms with Crippen molar-refractivity contribution in [3.05, 3.63) is 11.6 Å². The van der Waals surface area contributed by atoms with Crippen LogP contribution >= 0.6 is 0 Å². The number of hydrogen-bond donors (Lipinski definition) is 2. The molecule has 0 aliphatic heterocycles. The van der Waals surface area contributed by atoms with E-state index >= 15 is 0 Å². The van der Waals surface area contributed by atoms with E-state index in [1.807, 2.05) is 27.0 Å². The summed E-state index contributed by atoms with van der Waals surface area (Å²) in [6, 6.07) is 0. The van der Waals surface area contributed by atoms with E-state index in [-0.39, 0.29) is 11.4 Å². The van der Waals surface area contributed by atoms with Gasteiger partial charge in [0.2, 0.25) is 5.91 Å². The minimum absolute atomic E-state index is 0.168. The maximum atomic E-state index is 10.6. The van der Waals surface area contributed by atoms with Gasteiger partial charge in [-0.15, -0.1) is 0 Å². The van der Waals surface area contributed by atoms with E-state index in [9.17, 15) is 4.79 Å². The van der Waals surface area contributed by atoms with Crippen molar-refractivity contribution in [1.82, 2.24) is 5.32 Å². The van der Waals surface area contributed by atoms with Crippen molar-refractivity contribution in [1.29, 1.82) is 0 Å². The first kappa shape index (κ1) is 10.2. The Bertz CT molecular complexity index is 183. The molecule has 1 amide bonds. The van der Waals surface area contributed by atoms with Gasteiger partial charge in [0.15, 0.2) is 0 Å². The number of nitrogens with two attached hydrogens (primary N) is 1. The number of primary amides is 1. The van der Waals surface area contributed by atoms with Crippen LogP contribution in [0.25, 0.3) is 0 Å². The van der Waals surface area contributed by atoms with Crippen LogP contribution in [0.15, 0.2) is 11.6 Å². The monoisotopic (exact) mass is 156 g/mol. The Balaban J connectivity index is 4.41. The fourth-order valence-corrected chi connectivity index (χ4v) is 0.685. The van der Waals surface area contributed by atoms with Gasteiger partial charge in [-0.2, -0.15) is 0 Å². The topological polar surface area (TPSA) is 55.1 Å². The van der Waals surface area contributed by atoms with Crippen LogP contribution in [0.2, 0.25) is 0 Å². The predicted molar refractivity (Wildman–Crippen MR) is 46.1 cm³/mol. The summed E-state index contributed by atoms with van der Waals surface area (Å²) in [7, 11) is 1.84. The third-order valence-electron chi connectivity index (χ3n) is 1.61. The SMILES string of the molecule is CNC(C)(C)/C=C(\C)C(N)=O. The summed E-state index contributed by atoms with van der Waals surface area (Å²) in [5.74, 6) is -0.367. The lowest BCUT2D eigenvalue weighted by atomic mass is 10.0. The number of amides is 1. The molecule has 11 heavy (non-hydrogen) atoms. The van der Waals surface area contributed by atoms with Crippen LogP contribution in [-0.2, 0) is 4.79 Å². The maximum Gasteiger partial charge on any atom is 0.244 e. The third kappa shape index (κ3) is 3.78. The van der Waals surface area contributed by atoms with E-state index in [4.69, 9.17) is 5.73 Å². The van der Waals surface area contributed by atoms with Crippen molar-refractivity contribution in [3.8, 4) is 0 Å². The van der Waals surface area contributed by atoms with E-state index in [1.165, 1.54) is 0 Å². The first-order valence-electron chi connectivity index (χ1n) is 3.57. The van der Waals surface area contributed by atoms with Gasteiger partial charge in [-0.25, -0.2) is 0 Å². The molecule has 3 heteroatoms. The summed E-state index contributed by atoms with van der Waals surface area (Å²) in [4.78, 5) is 10.6. The van der Waals surface area contributed by atoms with Crippen LogP contribution in [0.5, 0.6) is 0 Å². The third-order valence-corrected chi connectivity index (χ3v) is 1.61. The molecular formula is C8H16N2O. The van der Waals surface area contributed by atoms with Crippen molar-refractivity contribution in [3.63, 3.8) is 0 Å².